The van der Waals surface area contributed by atoms with E-state index in [1.807, 2.05) is 5.32 Å². The number of carboxylic acids is 1. The average Bonchev–Trinajstić information content (AvgIpc) is 2.61. The van der Waals surface area contributed by atoms with Crippen LogP contribution in [0.25, 0.3) is 0 Å². The van der Waals surface area contributed by atoms with Gasteiger partial charge < -0.3 is 25.2 Å². The van der Waals surface area contributed by atoms with Gasteiger partial charge in [0, 0.05) is 19.5 Å². The third-order valence-electron chi connectivity index (χ3n) is 3.73. The summed E-state index contributed by atoms with van der Waals surface area (Å²) in [5.74, 6) is -3.49. The van der Waals surface area contributed by atoms with Crippen LogP contribution in [0.2, 0.25) is 0 Å². The van der Waals surface area contributed by atoms with Gasteiger partial charge in [0.05, 0.1) is 0 Å². The van der Waals surface area contributed by atoms with Gasteiger partial charge in [-0.3, -0.25) is 14.4 Å². The quantitative estimate of drug-likeness (QED) is 0.594. The van der Waals surface area contributed by atoms with Crippen LogP contribution in [-0.2, 0) is 20.9 Å². The van der Waals surface area contributed by atoms with Crippen molar-refractivity contribution in [3.05, 3.63) is 41.2 Å². The number of aliphatic carboxylic acids is 1. The molecule has 3 N–H and O–H groups in total. The molecule has 8 nitrogen and oxygen atoms in total. The summed E-state index contributed by atoms with van der Waals surface area (Å²) in [6, 6.07) is 5.59. The number of carboxylic acid groups (broad SMARTS) is 1. The Morgan fingerprint density at radius 1 is 1.21 bits per heavy atom. The summed E-state index contributed by atoms with van der Waals surface area (Å²) in [4.78, 5) is 36.2. The highest BCUT2D eigenvalue weighted by Gasteiger charge is 2.32. The molecule has 0 atom stereocenters. The number of hydrogen-bond donors (Lipinski definition) is 3. The van der Waals surface area contributed by atoms with E-state index in [0.29, 0.717) is 5.56 Å². The summed E-state index contributed by atoms with van der Waals surface area (Å²) in [6.07, 6.45) is -4.45. The van der Waals surface area contributed by atoms with E-state index in [2.05, 4.69) is 4.74 Å². The van der Waals surface area contributed by atoms with Crippen LogP contribution in [-0.4, -0.2) is 58.8 Å². The number of ether oxygens (including phenoxy) is 1. The van der Waals surface area contributed by atoms with E-state index in [-0.39, 0.29) is 25.3 Å². The maximum Gasteiger partial charge on any atom is 0.422 e. The number of amides is 2. The first-order valence-corrected chi connectivity index (χ1v) is 8.06. The Morgan fingerprint density at radius 2 is 1.86 bits per heavy atom. The van der Waals surface area contributed by atoms with Crippen molar-refractivity contribution >= 4 is 17.8 Å². The third kappa shape index (κ3) is 5.89. The molecule has 0 aromatic heterocycles. The third-order valence-corrected chi connectivity index (χ3v) is 3.73. The first-order valence-electron chi connectivity index (χ1n) is 8.06. The molecule has 0 aliphatic carbocycles. The Labute approximate surface area is 157 Å². The molecule has 152 valence electrons. The molecule has 0 unspecified atom stereocenters. The number of alkyl halides is 3. The Kier molecular flexibility index (Phi) is 6.49. The molecule has 0 radical (unpaired) electrons. The minimum Gasteiger partial charge on any atom is -0.511 e. The Bertz CT molecular complexity index is 789. The van der Waals surface area contributed by atoms with Gasteiger partial charge in [0.25, 0.3) is 11.8 Å². The summed E-state index contributed by atoms with van der Waals surface area (Å²) in [5, 5.41) is 20.4. The van der Waals surface area contributed by atoms with E-state index in [1.54, 1.807) is 0 Å². The fourth-order valence-electron chi connectivity index (χ4n) is 2.45. The van der Waals surface area contributed by atoms with E-state index in [1.165, 1.54) is 29.2 Å². The van der Waals surface area contributed by atoms with Crippen LogP contribution < -0.4 is 10.1 Å². The van der Waals surface area contributed by atoms with Gasteiger partial charge in [-0.15, -0.1) is 0 Å². The standard InChI is InChI=1S/C17H17F3N2O6/c18-17(19,20)9-28-11-3-1-10(2-4-11)8-22-6-5-12(23)14(16(22)27)15(26)21-7-13(24)25/h1-4,23H,5-9H2,(H,21,26)(H,24,25). The molecule has 11 heteroatoms. The zero-order chi connectivity index (χ0) is 20.9. The molecule has 1 aliphatic rings. The van der Waals surface area contributed by atoms with Crippen LogP contribution in [0, 0.1) is 0 Å². The molecule has 1 aromatic carbocycles. The highest BCUT2D eigenvalue weighted by Crippen LogP contribution is 2.22. The SMILES string of the molecule is O=C(O)CNC(=O)C1=C(O)CCN(Cc2ccc(OCC(F)(F)F)cc2)C1=O. The number of benzene rings is 1. The minimum absolute atomic E-state index is 0.00828. The number of nitrogens with one attached hydrogen (secondary N) is 1. The summed E-state index contributed by atoms with van der Waals surface area (Å²) in [7, 11) is 0. The molecule has 2 rings (SSSR count). The Balaban J connectivity index is 2.02. The van der Waals surface area contributed by atoms with Gasteiger partial charge in [0.15, 0.2) is 6.61 Å². The van der Waals surface area contributed by atoms with E-state index in [9.17, 15) is 32.7 Å². The van der Waals surface area contributed by atoms with Crippen molar-refractivity contribution in [1.29, 1.82) is 0 Å². The molecular weight excluding hydrogens is 385 g/mol. The molecule has 1 aromatic rings. The lowest BCUT2D eigenvalue weighted by molar-refractivity contribution is -0.153. The van der Waals surface area contributed by atoms with Crippen LogP contribution in [0.5, 0.6) is 5.75 Å². The zero-order valence-electron chi connectivity index (χ0n) is 14.5. The lowest BCUT2D eigenvalue weighted by atomic mass is 10.0. The van der Waals surface area contributed by atoms with Crippen molar-refractivity contribution in [1.82, 2.24) is 10.2 Å². The smallest absolute Gasteiger partial charge is 0.422 e. The van der Waals surface area contributed by atoms with Gasteiger partial charge in [-0.2, -0.15) is 13.2 Å². The van der Waals surface area contributed by atoms with E-state index >= 15 is 0 Å². The first kappa shape index (κ1) is 21.1. The highest BCUT2D eigenvalue weighted by molar-refractivity contribution is 6.19. The molecule has 0 spiro atoms. The van der Waals surface area contributed by atoms with Crippen molar-refractivity contribution in [3.63, 3.8) is 0 Å². The fourth-order valence-corrected chi connectivity index (χ4v) is 2.45. The van der Waals surface area contributed by atoms with Crippen LogP contribution in [0.15, 0.2) is 35.6 Å². The van der Waals surface area contributed by atoms with Gasteiger partial charge in [0.1, 0.15) is 23.6 Å². The number of hydrogen-bond acceptors (Lipinski definition) is 5. The maximum atomic E-state index is 12.5. The number of aliphatic hydroxyl groups is 1. The lowest BCUT2D eigenvalue weighted by Crippen LogP contribution is -2.43. The normalized spacial score (nSPS) is 14.8. The van der Waals surface area contributed by atoms with Crippen LogP contribution in [0.4, 0.5) is 13.2 Å². The van der Waals surface area contributed by atoms with E-state index in [0.717, 1.165) is 0 Å². The van der Waals surface area contributed by atoms with Crippen molar-refractivity contribution in [2.24, 2.45) is 0 Å². The number of halogens is 3. The van der Waals surface area contributed by atoms with E-state index in [4.69, 9.17) is 5.11 Å². The Hall–Kier alpha value is -3.24. The van der Waals surface area contributed by atoms with Crippen molar-refractivity contribution in [2.75, 3.05) is 19.7 Å². The number of nitrogens with zero attached hydrogens (tertiary/aromatic N) is 1. The topological polar surface area (TPSA) is 116 Å². The van der Waals surface area contributed by atoms with E-state index < -0.39 is 48.4 Å². The molecule has 1 aliphatic heterocycles. The largest absolute Gasteiger partial charge is 0.511 e. The van der Waals surface area contributed by atoms with Gasteiger partial charge in [-0.25, -0.2) is 0 Å². The highest BCUT2D eigenvalue weighted by atomic mass is 19.4. The number of carbonyl (C=O) groups is 3. The molecule has 2 amide bonds. The van der Waals surface area contributed by atoms with Gasteiger partial charge in [-0.05, 0) is 17.7 Å². The second kappa shape index (κ2) is 8.63. The summed E-state index contributed by atoms with van der Waals surface area (Å²) >= 11 is 0. The summed E-state index contributed by atoms with van der Waals surface area (Å²) in [6.45, 7) is -1.97. The zero-order valence-corrected chi connectivity index (χ0v) is 14.5. The average molecular weight is 402 g/mol. The van der Waals surface area contributed by atoms with Crippen molar-refractivity contribution in [3.8, 4) is 5.75 Å². The molecule has 0 saturated heterocycles. The lowest BCUT2D eigenvalue weighted by Gasteiger charge is -2.28. The number of carbonyl (C=O) groups excluding carboxylic acids is 2. The second-order valence-electron chi connectivity index (χ2n) is 5.92. The van der Waals surface area contributed by atoms with Crippen LogP contribution in [0.1, 0.15) is 12.0 Å². The Morgan fingerprint density at radius 3 is 2.43 bits per heavy atom. The van der Waals surface area contributed by atoms with Crippen molar-refractivity contribution in [2.45, 2.75) is 19.1 Å². The molecular formula is C17H17F3N2O6. The fraction of sp³-hybridized carbons (Fsp3) is 0.353. The summed E-state index contributed by atoms with van der Waals surface area (Å²) < 4.78 is 41.0. The predicted molar refractivity (Wildman–Crippen MR) is 88.3 cm³/mol. The number of aliphatic hydroxyl groups excluding tert-OH is 1. The molecule has 1 heterocycles. The van der Waals surface area contributed by atoms with Gasteiger partial charge in [-0.1, -0.05) is 12.1 Å². The molecule has 28 heavy (non-hydrogen) atoms. The first-order chi connectivity index (χ1) is 13.1. The molecule has 0 bridgehead atoms. The predicted octanol–water partition coefficient (Wildman–Crippen LogP) is 1.37. The maximum absolute atomic E-state index is 12.5. The second-order valence-corrected chi connectivity index (χ2v) is 5.92. The molecule has 0 saturated carbocycles. The summed E-state index contributed by atoms with van der Waals surface area (Å²) in [5.41, 5.74) is 0.0389. The van der Waals surface area contributed by atoms with Crippen LogP contribution >= 0.6 is 0 Å². The van der Waals surface area contributed by atoms with Crippen molar-refractivity contribution < 1.29 is 42.5 Å². The number of rotatable bonds is 7. The monoisotopic (exact) mass is 402 g/mol. The van der Waals surface area contributed by atoms with Gasteiger partial charge >= 0.3 is 12.1 Å². The van der Waals surface area contributed by atoms with Crippen LogP contribution in [0.3, 0.4) is 0 Å². The minimum atomic E-state index is -4.45. The molecule has 0 fully saturated rings. The van der Waals surface area contributed by atoms with Gasteiger partial charge in [0.2, 0.25) is 0 Å².